The van der Waals surface area contributed by atoms with Crippen molar-refractivity contribution in [2.45, 2.75) is 0 Å². The first kappa shape index (κ1) is 14.9. The molecule has 6 nitrogen and oxygen atoms in total. The number of carbonyl (C=O) groups excluding carboxylic acids is 2. The summed E-state index contributed by atoms with van der Waals surface area (Å²) in [5.41, 5.74) is 4.36. The van der Waals surface area contributed by atoms with Crippen LogP contribution in [0.4, 0.5) is 0 Å². The zero-order valence-corrected chi connectivity index (χ0v) is 13.0. The largest absolute Gasteiger partial charge is 0.319 e. The summed E-state index contributed by atoms with van der Waals surface area (Å²) in [4.78, 5) is 35.5. The fourth-order valence-corrected chi connectivity index (χ4v) is 2.49. The minimum absolute atomic E-state index is 0.449. The predicted octanol–water partition coefficient (Wildman–Crippen LogP) is 1.88. The molecule has 0 unspecified atom stereocenters. The number of hydrogen-bond acceptors (Lipinski definition) is 5. The smallest absolute Gasteiger partial charge is 0.296 e. The lowest BCUT2D eigenvalue weighted by molar-refractivity contribution is -0.133. The van der Waals surface area contributed by atoms with E-state index in [1.54, 1.807) is 12.3 Å². The van der Waals surface area contributed by atoms with Gasteiger partial charge in [0.15, 0.2) is 0 Å². The Morgan fingerprint density at radius 1 is 0.800 bits per heavy atom. The summed E-state index contributed by atoms with van der Waals surface area (Å²) in [5.74, 6) is -1.16. The molecule has 0 bridgehead atoms. The minimum Gasteiger partial charge on any atom is -0.319 e. The Morgan fingerprint density at radius 3 is 2.08 bits per heavy atom. The second-order valence-electron chi connectivity index (χ2n) is 5.50. The number of allylic oxidation sites excluding steroid dienone is 9. The van der Waals surface area contributed by atoms with Crippen molar-refractivity contribution >= 4 is 29.3 Å². The summed E-state index contributed by atoms with van der Waals surface area (Å²) in [5, 5.41) is 2.48. The van der Waals surface area contributed by atoms with Crippen LogP contribution in [0.15, 0.2) is 98.5 Å². The number of hydrogen-bond donors (Lipinski definition) is 1. The van der Waals surface area contributed by atoms with Crippen molar-refractivity contribution in [3.63, 3.8) is 0 Å². The lowest BCUT2D eigenvalue weighted by atomic mass is 10.2. The molecule has 120 valence electrons. The molecule has 1 amide bonds. The van der Waals surface area contributed by atoms with Crippen molar-refractivity contribution in [1.29, 1.82) is 0 Å². The van der Waals surface area contributed by atoms with E-state index in [-0.39, 0.29) is 0 Å². The van der Waals surface area contributed by atoms with Crippen LogP contribution in [-0.2, 0) is 9.59 Å². The Hall–Kier alpha value is -3.67. The molecule has 4 aliphatic rings. The Morgan fingerprint density at radius 2 is 1.48 bits per heavy atom. The van der Waals surface area contributed by atoms with E-state index in [1.165, 1.54) is 6.08 Å². The second kappa shape index (κ2) is 6.09. The number of nitrogens with one attached hydrogen (secondary N) is 1. The van der Waals surface area contributed by atoms with Gasteiger partial charge in [0.05, 0.1) is 28.5 Å². The highest BCUT2D eigenvalue weighted by Gasteiger charge is 2.20. The molecular formula is C19H12N4O2. The van der Waals surface area contributed by atoms with Crippen LogP contribution in [-0.4, -0.2) is 29.3 Å². The summed E-state index contributed by atoms with van der Waals surface area (Å²) in [6.45, 7) is 0. The van der Waals surface area contributed by atoms with Gasteiger partial charge in [-0.15, -0.1) is 0 Å². The molecule has 4 aliphatic heterocycles. The van der Waals surface area contributed by atoms with Crippen LogP contribution in [0.25, 0.3) is 0 Å². The van der Waals surface area contributed by atoms with Gasteiger partial charge >= 0.3 is 0 Å². The second-order valence-corrected chi connectivity index (χ2v) is 5.50. The van der Waals surface area contributed by atoms with E-state index >= 15 is 0 Å². The van der Waals surface area contributed by atoms with E-state index in [9.17, 15) is 9.59 Å². The van der Waals surface area contributed by atoms with Crippen LogP contribution >= 0.6 is 0 Å². The maximum absolute atomic E-state index is 11.2. The predicted molar refractivity (Wildman–Crippen MR) is 96.3 cm³/mol. The average Bonchev–Trinajstić information content (AvgIpc) is 3.34. The summed E-state index contributed by atoms with van der Waals surface area (Å²) in [6.07, 6.45) is 19.7. The highest BCUT2D eigenvalue weighted by molar-refractivity contribution is 6.43. The highest BCUT2D eigenvalue weighted by Crippen LogP contribution is 2.17. The fraction of sp³-hybridized carbons (Fsp3) is 0. The summed E-state index contributed by atoms with van der Waals surface area (Å²) in [6, 6.07) is 0. The number of carbonyl (C=O) groups is 2. The Balaban J connectivity index is 1.49. The number of ketones is 1. The molecule has 0 atom stereocenters. The Kier molecular flexibility index (Phi) is 3.63. The van der Waals surface area contributed by atoms with Crippen molar-refractivity contribution in [2.24, 2.45) is 15.0 Å². The van der Waals surface area contributed by atoms with E-state index in [2.05, 4.69) is 20.3 Å². The molecule has 1 N–H and O–H groups in total. The number of rotatable bonds is 3. The van der Waals surface area contributed by atoms with Gasteiger partial charge in [0, 0.05) is 18.0 Å². The number of amides is 1. The topological polar surface area (TPSA) is 83.2 Å². The zero-order chi connectivity index (χ0) is 17.2. The lowest BCUT2D eigenvalue weighted by Crippen LogP contribution is -2.20. The number of nitrogens with zero attached hydrogens (tertiary/aromatic N) is 3. The minimum atomic E-state index is -0.617. The van der Waals surface area contributed by atoms with Gasteiger partial charge in [0.1, 0.15) is 0 Å². The molecule has 4 rings (SSSR count). The maximum atomic E-state index is 11.2. The monoisotopic (exact) mass is 328 g/mol. The van der Waals surface area contributed by atoms with E-state index in [4.69, 9.17) is 0 Å². The summed E-state index contributed by atoms with van der Waals surface area (Å²) in [7, 11) is 0. The third kappa shape index (κ3) is 3.32. The first-order valence-corrected chi connectivity index (χ1v) is 7.62. The van der Waals surface area contributed by atoms with Crippen molar-refractivity contribution in [3.05, 3.63) is 83.5 Å². The van der Waals surface area contributed by atoms with Crippen LogP contribution in [0.3, 0.4) is 0 Å². The van der Waals surface area contributed by atoms with Gasteiger partial charge < -0.3 is 5.32 Å². The third-order valence-corrected chi connectivity index (χ3v) is 3.61. The molecule has 0 aliphatic carbocycles. The van der Waals surface area contributed by atoms with E-state index in [1.807, 2.05) is 48.6 Å². The van der Waals surface area contributed by atoms with Crippen molar-refractivity contribution in [1.82, 2.24) is 5.32 Å². The molecule has 0 fully saturated rings. The van der Waals surface area contributed by atoms with Crippen molar-refractivity contribution < 1.29 is 9.59 Å². The normalized spacial score (nSPS) is 25.6. The highest BCUT2D eigenvalue weighted by atomic mass is 16.2. The molecule has 4 heterocycles. The number of aliphatic imine (C=N–C) groups is 3. The Labute approximate surface area is 143 Å². The summed E-state index contributed by atoms with van der Waals surface area (Å²) >= 11 is 0. The molecule has 0 aromatic carbocycles. The molecular weight excluding hydrogens is 316 g/mol. The van der Waals surface area contributed by atoms with E-state index in [0.717, 1.165) is 22.8 Å². The molecule has 0 aromatic rings. The first-order valence-electron chi connectivity index (χ1n) is 7.62. The molecule has 0 spiro atoms. The SMILES string of the molecule is O=C1C=C(/C=C2\C=CC(/C=C3/C=CC(/C=C4/C=CC=N4)=N3)=N2)NC1=O. The van der Waals surface area contributed by atoms with E-state index in [0.29, 0.717) is 11.4 Å². The van der Waals surface area contributed by atoms with E-state index < -0.39 is 11.7 Å². The zero-order valence-electron chi connectivity index (χ0n) is 13.0. The molecule has 0 saturated carbocycles. The van der Waals surface area contributed by atoms with Crippen LogP contribution in [0, 0.1) is 0 Å². The van der Waals surface area contributed by atoms with Crippen LogP contribution in [0.2, 0.25) is 0 Å². The van der Waals surface area contributed by atoms with Crippen LogP contribution in [0.1, 0.15) is 0 Å². The molecule has 0 radical (unpaired) electrons. The Bertz CT molecular complexity index is 978. The lowest BCUT2D eigenvalue weighted by Gasteiger charge is -1.95. The molecule has 6 heteroatoms. The molecule has 0 aromatic heterocycles. The third-order valence-electron chi connectivity index (χ3n) is 3.61. The maximum Gasteiger partial charge on any atom is 0.296 e. The average molecular weight is 328 g/mol. The van der Waals surface area contributed by atoms with Gasteiger partial charge in [-0.1, -0.05) is 0 Å². The van der Waals surface area contributed by atoms with Gasteiger partial charge in [-0.2, -0.15) is 0 Å². The van der Waals surface area contributed by atoms with Gasteiger partial charge in [0.25, 0.3) is 5.91 Å². The fourth-order valence-electron chi connectivity index (χ4n) is 2.49. The standard InChI is InChI=1S/C19H12N4O2/c24-18-11-17(23-19(18)25)10-16-6-5-15(22-16)9-14-4-3-13(21-14)8-12-2-1-7-20-12/h1-11H,(H,23,24,25)/b12-8-,14-9-,16-10+. The van der Waals surface area contributed by atoms with Crippen LogP contribution < -0.4 is 5.32 Å². The van der Waals surface area contributed by atoms with Gasteiger partial charge in [-0.3, -0.25) is 14.6 Å². The summed E-state index contributed by atoms with van der Waals surface area (Å²) < 4.78 is 0. The van der Waals surface area contributed by atoms with Gasteiger partial charge in [0.2, 0.25) is 5.78 Å². The van der Waals surface area contributed by atoms with Crippen molar-refractivity contribution in [2.75, 3.05) is 0 Å². The van der Waals surface area contributed by atoms with Crippen molar-refractivity contribution in [3.8, 4) is 0 Å². The molecule has 0 saturated heterocycles. The van der Waals surface area contributed by atoms with Gasteiger partial charge in [-0.05, 0) is 54.7 Å². The van der Waals surface area contributed by atoms with Gasteiger partial charge in [-0.25, -0.2) is 9.98 Å². The van der Waals surface area contributed by atoms with Crippen LogP contribution in [0.5, 0.6) is 0 Å². The quantitative estimate of drug-likeness (QED) is 0.802. The molecule has 25 heavy (non-hydrogen) atoms. The first-order chi connectivity index (χ1) is 12.2.